The Morgan fingerprint density at radius 2 is 2.40 bits per heavy atom. The number of fused-ring (bicyclic) bond motifs is 1. The summed E-state index contributed by atoms with van der Waals surface area (Å²) in [5, 5.41) is 3.66. The first-order valence-electron chi connectivity index (χ1n) is 6.15. The Balaban J connectivity index is 1.95. The van der Waals surface area contributed by atoms with E-state index in [2.05, 4.69) is 18.3 Å². The van der Waals surface area contributed by atoms with Crippen LogP contribution in [0.2, 0.25) is 0 Å². The average Bonchev–Trinajstić information content (AvgIpc) is 2.65. The van der Waals surface area contributed by atoms with Crippen molar-refractivity contribution in [2.75, 3.05) is 6.54 Å². The summed E-state index contributed by atoms with van der Waals surface area (Å²) in [6.45, 7) is 3.43. The fraction of sp³-hybridized carbons (Fsp3) is 0.692. The first-order chi connectivity index (χ1) is 7.36. The van der Waals surface area contributed by atoms with Crippen molar-refractivity contribution < 1.29 is 4.42 Å². The molecule has 0 spiro atoms. The van der Waals surface area contributed by atoms with Crippen molar-refractivity contribution in [3.8, 4) is 0 Å². The molecular formula is C13H19NO. The Hall–Kier alpha value is -0.760. The molecular weight excluding hydrogens is 186 g/mol. The molecule has 0 amide bonds. The zero-order valence-electron chi connectivity index (χ0n) is 9.38. The fourth-order valence-electron chi connectivity index (χ4n) is 3.22. The van der Waals surface area contributed by atoms with E-state index in [9.17, 15) is 0 Å². The molecule has 0 radical (unpaired) electrons. The van der Waals surface area contributed by atoms with Crippen LogP contribution in [0.3, 0.4) is 0 Å². The lowest BCUT2D eigenvalue weighted by Crippen LogP contribution is -2.45. The molecule has 1 aliphatic heterocycles. The number of nitrogens with one attached hydrogen (secondary N) is 1. The molecule has 82 valence electrons. The van der Waals surface area contributed by atoms with E-state index in [1.165, 1.54) is 37.0 Å². The van der Waals surface area contributed by atoms with E-state index in [0.29, 0.717) is 11.5 Å². The highest BCUT2D eigenvalue weighted by molar-refractivity contribution is 5.26. The lowest BCUT2D eigenvalue weighted by atomic mass is 9.61. The van der Waals surface area contributed by atoms with E-state index in [1.54, 1.807) is 0 Å². The fourth-order valence-corrected chi connectivity index (χ4v) is 3.22. The molecule has 1 atom stereocenters. The molecule has 0 aromatic carbocycles. The van der Waals surface area contributed by atoms with Gasteiger partial charge in [-0.2, -0.15) is 0 Å². The van der Waals surface area contributed by atoms with Gasteiger partial charge in [0.2, 0.25) is 0 Å². The largest absolute Gasteiger partial charge is 0.467 e. The molecule has 2 nitrogen and oxygen atoms in total. The molecule has 1 aromatic rings. The molecule has 1 unspecified atom stereocenters. The van der Waals surface area contributed by atoms with Crippen molar-refractivity contribution in [1.82, 2.24) is 5.32 Å². The minimum absolute atomic E-state index is 0.481. The molecule has 2 heterocycles. The molecule has 0 saturated heterocycles. The summed E-state index contributed by atoms with van der Waals surface area (Å²) in [7, 11) is 0. The van der Waals surface area contributed by atoms with Gasteiger partial charge in [0, 0.05) is 6.54 Å². The zero-order valence-corrected chi connectivity index (χ0v) is 9.38. The van der Waals surface area contributed by atoms with Crippen molar-refractivity contribution in [2.45, 2.75) is 45.1 Å². The van der Waals surface area contributed by atoms with E-state index in [0.717, 1.165) is 13.0 Å². The third-order valence-corrected chi connectivity index (χ3v) is 4.45. The first kappa shape index (κ1) is 9.46. The van der Waals surface area contributed by atoms with Crippen LogP contribution in [0.5, 0.6) is 0 Å². The van der Waals surface area contributed by atoms with Crippen LogP contribution < -0.4 is 5.32 Å². The quantitative estimate of drug-likeness (QED) is 0.802. The average molecular weight is 205 g/mol. The molecule has 15 heavy (non-hydrogen) atoms. The number of furan rings is 1. The second-order valence-corrected chi connectivity index (χ2v) is 5.02. The summed E-state index contributed by atoms with van der Waals surface area (Å²) < 4.78 is 5.69. The molecule has 1 fully saturated rings. The minimum atomic E-state index is 0.481. The third-order valence-electron chi connectivity index (χ3n) is 4.45. The van der Waals surface area contributed by atoms with Gasteiger partial charge in [-0.15, -0.1) is 0 Å². The van der Waals surface area contributed by atoms with Crippen molar-refractivity contribution in [2.24, 2.45) is 5.41 Å². The third kappa shape index (κ3) is 1.27. The summed E-state index contributed by atoms with van der Waals surface area (Å²) in [5.74, 6) is 1.22. The van der Waals surface area contributed by atoms with Gasteiger partial charge in [0.05, 0.1) is 12.3 Å². The van der Waals surface area contributed by atoms with Gasteiger partial charge in [0.15, 0.2) is 0 Å². The minimum Gasteiger partial charge on any atom is -0.467 e. The highest BCUT2D eigenvalue weighted by Gasteiger charge is 2.45. The van der Waals surface area contributed by atoms with Gasteiger partial charge in [0.25, 0.3) is 0 Å². The van der Waals surface area contributed by atoms with Crippen molar-refractivity contribution in [1.29, 1.82) is 0 Å². The Kier molecular flexibility index (Phi) is 2.13. The smallest absolute Gasteiger partial charge is 0.124 e. The molecule has 1 aromatic heterocycles. The van der Waals surface area contributed by atoms with Crippen molar-refractivity contribution in [3.05, 3.63) is 23.7 Å². The summed E-state index contributed by atoms with van der Waals surface area (Å²) in [5.41, 5.74) is 1.92. The van der Waals surface area contributed by atoms with Crippen LogP contribution in [-0.2, 0) is 6.42 Å². The number of hydrogen-bond acceptors (Lipinski definition) is 2. The highest BCUT2D eigenvalue weighted by Crippen LogP contribution is 2.53. The normalized spacial score (nSPS) is 28.2. The summed E-state index contributed by atoms with van der Waals surface area (Å²) in [6.07, 6.45) is 8.37. The van der Waals surface area contributed by atoms with E-state index in [4.69, 9.17) is 4.42 Å². The summed E-state index contributed by atoms with van der Waals surface area (Å²) >= 11 is 0. The van der Waals surface area contributed by atoms with Gasteiger partial charge < -0.3 is 9.73 Å². The van der Waals surface area contributed by atoms with Crippen LogP contribution in [0.1, 0.15) is 50.0 Å². The van der Waals surface area contributed by atoms with Crippen LogP contribution >= 0.6 is 0 Å². The molecule has 1 N–H and O–H groups in total. The molecule has 2 heteroatoms. The van der Waals surface area contributed by atoms with Crippen LogP contribution in [0.15, 0.2) is 16.7 Å². The molecule has 1 saturated carbocycles. The molecule has 1 aliphatic carbocycles. The van der Waals surface area contributed by atoms with Crippen LogP contribution in [-0.4, -0.2) is 6.54 Å². The Bertz CT molecular complexity index is 346. The van der Waals surface area contributed by atoms with Gasteiger partial charge >= 0.3 is 0 Å². The molecule has 0 bridgehead atoms. The SMILES string of the molecule is CCC1(C2NCCc3ccoc32)CCC1. The summed E-state index contributed by atoms with van der Waals surface area (Å²) in [4.78, 5) is 0. The number of rotatable bonds is 2. The second kappa shape index (κ2) is 3.38. The van der Waals surface area contributed by atoms with Crippen LogP contribution in [0.25, 0.3) is 0 Å². The van der Waals surface area contributed by atoms with Gasteiger partial charge in [-0.05, 0) is 42.7 Å². The monoisotopic (exact) mass is 205 g/mol. The Morgan fingerprint density at radius 3 is 3.07 bits per heavy atom. The van der Waals surface area contributed by atoms with Gasteiger partial charge in [-0.3, -0.25) is 0 Å². The Morgan fingerprint density at radius 1 is 1.53 bits per heavy atom. The van der Waals surface area contributed by atoms with Crippen molar-refractivity contribution >= 4 is 0 Å². The van der Waals surface area contributed by atoms with Crippen molar-refractivity contribution in [3.63, 3.8) is 0 Å². The molecule has 3 rings (SSSR count). The van der Waals surface area contributed by atoms with E-state index >= 15 is 0 Å². The predicted molar refractivity (Wildman–Crippen MR) is 59.7 cm³/mol. The predicted octanol–water partition coefficient (Wildman–Crippen LogP) is 3.05. The molecule has 2 aliphatic rings. The standard InChI is InChI=1S/C13H19NO/c1-2-13(6-3-7-13)12-11-10(4-8-14-12)5-9-15-11/h5,9,12,14H,2-4,6-8H2,1H3. The maximum Gasteiger partial charge on any atom is 0.124 e. The maximum absolute atomic E-state index is 5.69. The lowest BCUT2D eigenvalue weighted by Gasteiger charge is -2.48. The van der Waals surface area contributed by atoms with Gasteiger partial charge in [0.1, 0.15) is 5.76 Å². The van der Waals surface area contributed by atoms with Crippen LogP contribution in [0.4, 0.5) is 0 Å². The summed E-state index contributed by atoms with van der Waals surface area (Å²) in [6, 6.07) is 2.63. The van der Waals surface area contributed by atoms with Gasteiger partial charge in [-0.25, -0.2) is 0 Å². The van der Waals surface area contributed by atoms with E-state index in [-0.39, 0.29) is 0 Å². The lowest BCUT2D eigenvalue weighted by molar-refractivity contribution is 0.0533. The zero-order chi connectivity index (χ0) is 10.3. The topological polar surface area (TPSA) is 25.2 Å². The highest BCUT2D eigenvalue weighted by atomic mass is 16.3. The number of hydrogen-bond donors (Lipinski definition) is 1. The first-order valence-corrected chi connectivity index (χ1v) is 6.15. The van der Waals surface area contributed by atoms with E-state index < -0.39 is 0 Å². The maximum atomic E-state index is 5.69. The Labute approximate surface area is 91.0 Å². The second-order valence-electron chi connectivity index (χ2n) is 5.02. The van der Waals surface area contributed by atoms with Crippen LogP contribution in [0, 0.1) is 5.41 Å². The van der Waals surface area contributed by atoms with Gasteiger partial charge in [-0.1, -0.05) is 13.3 Å². The van der Waals surface area contributed by atoms with E-state index in [1.807, 2.05) is 6.26 Å².